The average molecular weight is 255 g/mol. The molecule has 0 saturated heterocycles. The van der Waals surface area contributed by atoms with Gasteiger partial charge in [-0.15, -0.1) is 0 Å². The fourth-order valence-electron chi connectivity index (χ4n) is 1.33. The molecule has 2 nitrogen and oxygen atoms in total. The Labute approximate surface area is 103 Å². The topological polar surface area (TPSA) is 33.1 Å². The van der Waals surface area contributed by atoms with Crippen LogP contribution in [0.5, 0.6) is 5.75 Å². The van der Waals surface area contributed by atoms with Crippen molar-refractivity contribution in [3.8, 4) is 5.75 Å². The van der Waals surface area contributed by atoms with Crippen molar-refractivity contribution in [2.24, 2.45) is 0 Å². The Morgan fingerprint density at radius 1 is 1.39 bits per heavy atom. The Bertz CT molecular complexity index is 489. The second-order valence-corrected chi connectivity index (χ2v) is 3.53. The first-order valence-electron chi connectivity index (χ1n) is 5.07. The lowest BCUT2D eigenvalue weighted by Gasteiger charge is -2.12. The van der Waals surface area contributed by atoms with Crippen LogP contribution in [0.25, 0.3) is 0 Å². The van der Waals surface area contributed by atoms with Crippen molar-refractivity contribution < 1.29 is 17.9 Å². The van der Waals surface area contributed by atoms with Crippen molar-refractivity contribution in [3.05, 3.63) is 53.8 Å². The van der Waals surface area contributed by atoms with Crippen molar-refractivity contribution in [1.29, 1.82) is 5.41 Å². The van der Waals surface area contributed by atoms with Gasteiger partial charge >= 0.3 is 6.18 Å². The zero-order valence-corrected chi connectivity index (χ0v) is 9.71. The second-order valence-electron chi connectivity index (χ2n) is 3.53. The minimum Gasteiger partial charge on any atom is -0.456 e. The Morgan fingerprint density at radius 2 is 2.06 bits per heavy atom. The molecular weight excluding hydrogens is 243 g/mol. The van der Waals surface area contributed by atoms with Gasteiger partial charge in [-0.3, -0.25) is 0 Å². The molecular formula is C13H12F3NO. The third-order valence-corrected chi connectivity index (χ3v) is 2.17. The van der Waals surface area contributed by atoms with Crippen LogP contribution in [0.1, 0.15) is 11.1 Å². The van der Waals surface area contributed by atoms with Gasteiger partial charge in [0.15, 0.2) is 0 Å². The predicted molar refractivity (Wildman–Crippen MR) is 63.9 cm³/mol. The van der Waals surface area contributed by atoms with Gasteiger partial charge in [0, 0.05) is 0 Å². The van der Waals surface area contributed by atoms with E-state index in [4.69, 9.17) is 10.1 Å². The summed E-state index contributed by atoms with van der Waals surface area (Å²) in [6.07, 6.45) is -0.745. The molecule has 1 rings (SSSR count). The molecule has 0 radical (unpaired) electrons. The lowest BCUT2D eigenvalue weighted by atomic mass is 10.1. The van der Waals surface area contributed by atoms with E-state index in [-0.39, 0.29) is 17.1 Å². The molecule has 0 atom stereocenters. The number of benzene rings is 1. The highest BCUT2D eigenvalue weighted by atomic mass is 19.4. The number of hydrogen-bond donors (Lipinski definition) is 1. The summed E-state index contributed by atoms with van der Waals surface area (Å²) in [5.74, 6) is 0.145. The van der Waals surface area contributed by atoms with Crippen LogP contribution in [0.15, 0.2) is 42.7 Å². The van der Waals surface area contributed by atoms with Gasteiger partial charge in [0.1, 0.15) is 11.5 Å². The summed E-state index contributed by atoms with van der Waals surface area (Å²) in [7, 11) is 0. The van der Waals surface area contributed by atoms with Crippen molar-refractivity contribution in [1.82, 2.24) is 0 Å². The van der Waals surface area contributed by atoms with Crippen LogP contribution in [-0.2, 0) is 6.18 Å². The van der Waals surface area contributed by atoms with Crippen LogP contribution >= 0.6 is 0 Å². The highest BCUT2D eigenvalue weighted by Gasteiger charge is 2.32. The van der Waals surface area contributed by atoms with E-state index < -0.39 is 11.7 Å². The summed E-state index contributed by atoms with van der Waals surface area (Å²) in [5, 5.41) is 7.04. The maximum absolute atomic E-state index is 12.7. The molecule has 0 unspecified atom stereocenters. The average Bonchev–Trinajstić information content (AvgIpc) is 2.29. The molecule has 0 spiro atoms. The Balaban J connectivity index is 3.09. The standard InChI is InChI=1S/C13H12F3NO/c1-3-4-11(8-17)18-10-6-5-9(2)12(7-10)13(14,15)16/h3-8,17H,1H2,2H3/b11-4+,17-8?. The van der Waals surface area contributed by atoms with Crippen molar-refractivity contribution in [3.63, 3.8) is 0 Å². The molecule has 96 valence electrons. The summed E-state index contributed by atoms with van der Waals surface area (Å²) in [6, 6.07) is 3.66. The van der Waals surface area contributed by atoms with E-state index in [1.165, 1.54) is 31.2 Å². The third-order valence-electron chi connectivity index (χ3n) is 2.17. The van der Waals surface area contributed by atoms with Gasteiger partial charge < -0.3 is 10.1 Å². The van der Waals surface area contributed by atoms with Crippen LogP contribution in [0.2, 0.25) is 0 Å². The number of hydrogen-bond acceptors (Lipinski definition) is 2. The monoisotopic (exact) mass is 255 g/mol. The predicted octanol–water partition coefficient (Wildman–Crippen LogP) is 4.11. The normalized spacial score (nSPS) is 12.1. The fourth-order valence-corrected chi connectivity index (χ4v) is 1.33. The molecule has 0 aliphatic carbocycles. The number of halogens is 3. The summed E-state index contributed by atoms with van der Waals surface area (Å²) in [6.45, 7) is 4.80. The first-order chi connectivity index (χ1) is 8.38. The zero-order valence-electron chi connectivity index (χ0n) is 9.71. The van der Waals surface area contributed by atoms with Gasteiger partial charge in [-0.25, -0.2) is 0 Å². The lowest BCUT2D eigenvalue weighted by molar-refractivity contribution is -0.138. The highest BCUT2D eigenvalue weighted by Crippen LogP contribution is 2.34. The summed E-state index contributed by atoms with van der Waals surface area (Å²) >= 11 is 0. The number of ether oxygens (including phenoxy) is 1. The van der Waals surface area contributed by atoms with Crippen LogP contribution in [0.3, 0.4) is 0 Å². The number of rotatable bonds is 4. The molecule has 1 N–H and O–H groups in total. The van der Waals surface area contributed by atoms with Gasteiger partial charge in [0.25, 0.3) is 0 Å². The van der Waals surface area contributed by atoms with Gasteiger partial charge in [0.05, 0.1) is 11.8 Å². The second kappa shape index (κ2) is 5.53. The van der Waals surface area contributed by atoms with Crippen molar-refractivity contribution >= 4 is 6.21 Å². The molecule has 18 heavy (non-hydrogen) atoms. The summed E-state index contributed by atoms with van der Waals surface area (Å²) < 4.78 is 43.1. The molecule has 5 heteroatoms. The maximum atomic E-state index is 12.7. The smallest absolute Gasteiger partial charge is 0.416 e. The molecule has 0 bridgehead atoms. The third kappa shape index (κ3) is 3.48. The molecule has 1 aromatic rings. The molecule has 0 aliphatic heterocycles. The van der Waals surface area contributed by atoms with E-state index in [9.17, 15) is 13.2 Å². The van der Waals surface area contributed by atoms with Crippen LogP contribution in [0, 0.1) is 12.3 Å². The van der Waals surface area contributed by atoms with E-state index in [1.807, 2.05) is 0 Å². The van der Waals surface area contributed by atoms with Gasteiger partial charge in [-0.1, -0.05) is 18.7 Å². The summed E-state index contributed by atoms with van der Waals surface area (Å²) in [5.41, 5.74) is -0.623. The van der Waals surface area contributed by atoms with Gasteiger partial charge in [-0.05, 0) is 30.7 Å². The van der Waals surface area contributed by atoms with Gasteiger partial charge in [0.2, 0.25) is 0 Å². The number of alkyl halides is 3. The fraction of sp³-hybridized carbons (Fsp3) is 0.154. The molecule has 0 amide bonds. The highest BCUT2D eigenvalue weighted by molar-refractivity contribution is 5.74. The molecule has 0 fully saturated rings. The zero-order chi connectivity index (χ0) is 13.8. The van der Waals surface area contributed by atoms with E-state index in [0.717, 1.165) is 12.3 Å². The Kier molecular flexibility index (Phi) is 4.31. The quantitative estimate of drug-likeness (QED) is 0.490. The minimum absolute atomic E-state index is 0.0320. The van der Waals surface area contributed by atoms with Crippen LogP contribution in [-0.4, -0.2) is 6.21 Å². The first kappa shape index (κ1) is 14.0. The number of aryl methyl sites for hydroxylation is 1. The molecule has 0 aliphatic rings. The largest absolute Gasteiger partial charge is 0.456 e. The van der Waals surface area contributed by atoms with Crippen LogP contribution < -0.4 is 4.74 Å². The van der Waals surface area contributed by atoms with Crippen LogP contribution in [0.4, 0.5) is 13.2 Å². The number of nitrogens with one attached hydrogen (secondary N) is 1. The van der Waals surface area contributed by atoms with Crippen molar-refractivity contribution in [2.45, 2.75) is 13.1 Å². The molecule has 0 heterocycles. The number of allylic oxidation sites excluding steroid dienone is 3. The van der Waals surface area contributed by atoms with E-state index >= 15 is 0 Å². The Hall–Kier alpha value is -2.04. The van der Waals surface area contributed by atoms with E-state index in [2.05, 4.69) is 6.58 Å². The minimum atomic E-state index is -4.42. The molecule has 0 aromatic heterocycles. The Morgan fingerprint density at radius 3 is 2.56 bits per heavy atom. The van der Waals surface area contributed by atoms with Crippen molar-refractivity contribution in [2.75, 3.05) is 0 Å². The molecule has 0 saturated carbocycles. The summed E-state index contributed by atoms with van der Waals surface area (Å²) in [4.78, 5) is 0. The van der Waals surface area contributed by atoms with Gasteiger partial charge in [-0.2, -0.15) is 13.2 Å². The first-order valence-corrected chi connectivity index (χ1v) is 5.07. The SMILES string of the molecule is C=C/C=C(\C=N)Oc1ccc(C)c(C(F)(F)F)c1. The maximum Gasteiger partial charge on any atom is 0.416 e. The van der Waals surface area contributed by atoms with E-state index in [0.29, 0.717) is 0 Å². The lowest BCUT2D eigenvalue weighted by Crippen LogP contribution is -2.08. The van der Waals surface area contributed by atoms with E-state index in [1.54, 1.807) is 0 Å². The molecule has 1 aromatic carbocycles.